The van der Waals surface area contributed by atoms with Crippen LogP contribution in [0.4, 0.5) is 0 Å². The molecule has 13 heavy (non-hydrogen) atoms. The third-order valence-corrected chi connectivity index (χ3v) is 2.28. The number of rotatable bonds is 3. The Hall–Kier alpha value is -1.04. The molecule has 0 saturated heterocycles. The van der Waals surface area contributed by atoms with Gasteiger partial charge in [-0.05, 0) is 36.5 Å². The van der Waals surface area contributed by atoms with E-state index in [1.54, 1.807) is 0 Å². The first kappa shape index (κ1) is 10.0. The van der Waals surface area contributed by atoms with E-state index in [0.717, 1.165) is 12.8 Å². The van der Waals surface area contributed by atoms with Crippen LogP contribution in [-0.4, -0.2) is 0 Å². The molecule has 0 radical (unpaired) electrons. The van der Waals surface area contributed by atoms with Gasteiger partial charge in [-0.3, -0.25) is 0 Å². The maximum Gasteiger partial charge on any atom is -0.0230 e. The zero-order valence-corrected chi connectivity index (χ0v) is 8.80. The van der Waals surface area contributed by atoms with E-state index in [4.69, 9.17) is 0 Å². The van der Waals surface area contributed by atoms with Crippen LogP contribution in [0.15, 0.2) is 24.3 Å². The smallest absolute Gasteiger partial charge is 0.0230 e. The van der Waals surface area contributed by atoms with E-state index in [0.29, 0.717) is 0 Å². The van der Waals surface area contributed by atoms with E-state index < -0.39 is 0 Å². The molecule has 1 rings (SSSR count). The van der Waals surface area contributed by atoms with E-state index in [-0.39, 0.29) is 0 Å². The quantitative estimate of drug-likeness (QED) is 0.650. The highest BCUT2D eigenvalue weighted by Gasteiger charge is 1.94. The SMILES string of the molecule is CC/C=C\c1ccc(CC)cc1C. The van der Waals surface area contributed by atoms with Gasteiger partial charge < -0.3 is 0 Å². The zero-order chi connectivity index (χ0) is 9.68. The van der Waals surface area contributed by atoms with E-state index >= 15 is 0 Å². The van der Waals surface area contributed by atoms with Crippen molar-refractivity contribution < 1.29 is 0 Å². The van der Waals surface area contributed by atoms with Crippen molar-refractivity contribution in [3.05, 3.63) is 41.0 Å². The molecule has 0 spiro atoms. The van der Waals surface area contributed by atoms with Crippen LogP contribution in [0.25, 0.3) is 6.08 Å². The molecule has 0 nitrogen and oxygen atoms in total. The minimum Gasteiger partial charge on any atom is -0.0842 e. The van der Waals surface area contributed by atoms with Gasteiger partial charge in [-0.25, -0.2) is 0 Å². The fraction of sp³-hybridized carbons (Fsp3) is 0.385. The van der Waals surface area contributed by atoms with Crippen LogP contribution < -0.4 is 0 Å². The Morgan fingerprint density at radius 2 is 2.00 bits per heavy atom. The number of hydrogen-bond donors (Lipinski definition) is 0. The molecule has 0 aliphatic rings. The normalized spacial score (nSPS) is 11.0. The van der Waals surface area contributed by atoms with Gasteiger partial charge in [-0.2, -0.15) is 0 Å². The Kier molecular flexibility index (Phi) is 3.75. The summed E-state index contributed by atoms with van der Waals surface area (Å²) in [5.41, 5.74) is 4.15. The Morgan fingerprint density at radius 3 is 2.54 bits per heavy atom. The van der Waals surface area contributed by atoms with Gasteiger partial charge in [0.25, 0.3) is 0 Å². The summed E-state index contributed by atoms with van der Waals surface area (Å²) >= 11 is 0. The van der Waals surface area contributed by atoms with E-state index in [1.165, 1.54) is 16.7 Å². The van der Waals surface area contributed by atoms with Crippen molar-refractivity contribution >= 4 is 6.08 Å². The van der Waals surface area contributed by atoms with Crippen molar-refractivity contribution in [1.29, 1.82) is 0 Å². The molecule has 0 saturated carbocycles. The largest absolute Gasteiger partial charge is 0.0842 e. The molecular formula is C13H18. The van der Waals surface area contributed by atoms with E-state index in [2.05, 4.69) is 51.1 Å². The lowest BCUT2D eigenvalue weighted by molar-refractivity contribution is 1.13. The van der Waals surface area contributed by atoms with Gasteiger partial charge in [0.05, 0.1) is 0 Å². The van der Waals surface area contributed by atoms with Crippen LogP contribution in [0.2, 0.25) is 0 Å². The molecular weight excluding hydrogens is 156 g/mol. The Morgan fingerprint density at radius 1 is 1.23 bits per heavy atom. The van der Waals surface area contributed by atoms with Crippen molar-refractivity contribution in [1.82, 2.24) is 0 Å². The molecule has 0 bridgehead atoms. The molecule has 0 amide bonds. The number of allylic oxidation sites excluding steroid dienone is 1. The Balaban J connectivity index is 2.91. The third kappa shape index (κ3) is 2.73. The van der Waals surface area contributed by atoms with E-state index in [9.17, 15) is 0 Å². The molecule has 1 aromatic rings. The molecule has 0 aliphatic heterocycles. The average Bonchev–Trinajstić information content (AvgIpc) is 2.16. The molecule has 0 fully saturated rings. The summed E-state index contributed by atoms with van der Waals surface area (Å²) in [6.45, 7) is 6.52. The lowest BCUT2D eigenvalue weighted by atomic mass is 10.0. The first-order chi connectivity index (χ1) is 6.27. The van der Waals surface area contributed by atoms with Gasteiger partial charge in [0.15, 0.2) is 0 Å². The first-order valence-corrected chi connectivity index (χ1v) is 5.04. The highest BCUT2D eigenvalue weighted by atomic mass is 14.0. The van der Waals surface area contributed by atoms with Gasteiger partial charge in [-0.15, -0.1) is 0 Å². The molecule has 0 aromatic heterocycles. The molecule has 1 aromatic carbocycles. The van der Waals surface area contributed by atoms with Gasteiger partial charge in [0.1, 0.15) is 0 Å². The summed E-state index contributed by atoms with van der Waals surface area (Å²) < 4.78 is 0. The van der Waals surface area contributed by atoms with Crippen LogP contribution in [-0.2, 0) is 6.42 Å². The zero-order valence-electron chi connectivity index (χ0n) is 8.80. The second kappa shape index (κ2) is 4.86. The molecule has 0 atom stereocenters. The van der Waals surface area contributed by atoms with Crippen LogP contribution in [0.1, 0.15) is 37.0 Å². The molecule has 0 heterocycles. The Labute approximate surface area is 81.3 Å². The van der Waals surface area contributed by atoms with Crippen molar-refractivity contribution in [2.75, 3.05) is 0 Å². The molecule has 0 unspecified atom stereocenters. The summed E-state index contributed by atoms with van der Waals surface area (Å²) in [6.07, 6.45) is 6.64. The van der Waals surface area contributed by atoms with Gasteiger partial charge in [0, 0.05) is 0 Å². The first-order valence-electron chi connectivity index (χ1n) is 5.04. The number of benzene rings is 1. The second-order valence-corrected chi connectivity index (χ2v) is 3.36. The maximum atomic E-state index is 2.27. The fourth-order valence-electron chi connectivity index (χ4n) is 1.39. The van der Waals surface area contributed by atoms with Crippen LogP contribution >= 0.6 is 0 Å². The standard InChI is InChI=1S/C13H18/c1-4-6-7-13-9-8-12(5-2)10-11(13)3/h6-10H,4-5H2,1-3H3/b7-6-. The van der Waals surface area contributed by atoms with Gasteiger partial charge >= 0.3 is 0 Å². The minimum absolute atomic E-state index is 1.11. The monoisotopic (exact) mass is 174 g/mol. The molecule has 0 heteroatoms. The summed E-state index contributed by atoms with van der Waals surface area (Å²) in [5, 5.41) is 0. The predicted octanol–water partition coefficient (Wildman–Crippen LogP) is 3.98. The maximum absolute atomic E-state index is 2.27. The summed E-state index contributed by atoms with van der Waals surface area (Å²) in [5.74, 6) is 0. The summed E-state index contributed by atoms with van der Waals surface area (Å²) in [6, 6.07) is 6.69. The van der Waals surface area contributed by atoms with Gasteiger partial charge in [0.2, 0.25) is 0 Å². The topological polar surface area (TPSA) is 0 Å². The highest BCUT2D eigenvalue weighted by Crippen LogP contribution is 2.13. The number of hydrogen-bond acceptors (Lipinski definition) is 0. The van der Waals surface area contributed by atoms with E-state index in [1.807, 2.05) is 0 Å². The molecule has 70 valence electrons. The Bertz CT molecular complexity index is 295. The van der Waals surface area contributed by atoms with Crippen LogP contribution in [0.3, 0.4) is 0 Å². The van der Waals surface area contributed by atoms with Crippen LogP contribution in [0, 0.1) is 6.92 Å². The fourth-order valence-corrected chi connectivity index (χ4v) is 1.39. The third-order valence-electron chi connectivity index (χ3n) is 2.28. The lowest BCUT2D eigenvalue weighted by Gasteiger charge is -2.02. The van der Waals surface area contributed by atoms with Crippen molar-refractivity contribution in [2.45, 2.75) is 33.6 Å². The second-order valence-electron chi connectivity index (χ2n) is 3.36. The summed E-state index contributed by atoms with van der Waals surface area (Å²) in [4.78, 5) is 0. The average molecular weight is 174 g/mol. The predicted molar refractivity (Wildman–Crippen MR) is 59.9 cm³/mol. The highest BCUT2D eigenvalue weighted by molar-refractivity contribution is 5.54. The van der Waals surface area contributed by atoms with Crippen LogP contribution in [0.5, 0.6) is 0 Å². The molecule has 0 aliphatic carbocycles. The number of aryl methyl sites for hydroxylation is 2. The molecule has 0 N–H and O–H groups in total. The minimum atomic E-state index is 1.11. The van der Waals surface area contributed by atoms with Crippen molar-refractivity contribution in [3.8, 4) is 0 Å². The lowest BCUT2D eigenvalue weighted by Crippen LogP contribution is -1.85. The summed E-state index contributed by atoms with van der Waals surface area (Å²) in [7, 11) is 0. The van der Waals surface area contributed by atoms with Gasteiger partial charge in [-0.1, -0.05) is 44.2 Å². The van der Waals surface area contributed by atoms with Crippen molar-refractivity contribution in [2.24, 2.45) is 0 Å². The van der Waals surface area contributed by atoms with Crippen molar-refractivity contribution in [3.63, 3.8) is 0 Å².